The first kappa shape index (κ1) is 22.9. The van der Waals surface area contributed by atoms with Crippen molar-refractivity contribution in [3.05, 3.63) is 59.9 Å². The van der Waals surface area contributed by atoms with Crippen LogP contribution in [0.15, 0.2) is 48.5 Å². The van der Waals surface area contributed by atoms with E-state index in [1.165, 1.54) is 5.56 Å². The number of nitrogens with one attached hydrogen (secondary N) is 1. The van der Waals surface area contributed by atoms with Gasteiger partial charge in [0.25, 0.3) is 0 Å². The lowest BCUT2D eigenvalue weighted by Crippen LogP contribution is -2.54. The zero-order valence-corrected chi connectivity index (χ0v) is 20.2. The minimum Gasteiger partial charge on any atom is -0.497 e. The average Bonchev–Trinajstić information content (AvgIpc) is 3.21. The molecule has 2 fully saturated rings. The smallest absolute Gasteiger partial charge is 0.227 e. The summed E-state index contributed by atoms with van der Waals surface area (Å²) in [5, 5.41) is 3.43. The number of imidazole rings is 1. The number of benzene rings is 2. The standard InChI is InChI=1S/C27H35N5O2/c1-20-16-31(15-13-28-20)27(33)22-6-5-14-30(18-22)19-26-29-24-7-3-4-8-25(24)32(26)17-21-9-11-23(34-2)12-10-21/h3-4,7-12,20,22,28H,5-6,13-19H2,1-2H3/t20-,22-/m0/s1. The van der Waals surface area contributed by atoms with Crippen LogP contribution in [0.25, 0.3) is 11.0 Å². The quantitative estimate of drug-likeness (QED) is 0.611. The largest absolute Gasteiger partial charge is 0.497 e. The van der Waals surface area contributed by atoms with Crippen molar-refractivity contribution in [3.8, 4) is 5.75 Å². The van der Waals surface area contributed by atoms with Crippen LogP contribution >= 0.6 is 0 Å². The molecule has 2 saturated heterocycles. The highest BCUT2D eigenvalue weighted by atomic mass is 16.5. The predicted octanol–water partition coefficient (Wildman–Crippen LogP) is 3.13. The van der Waals surface area contributed by atoms with E-state index in [1.807, 2.05) is 18.2 Å². The molecule has 2 atom stereocenters. The van der Waals surface area contributed by atoms with Crippen LogP contribution in [-0.4, -0.2) is 71.1 Å². The van der Waals surface area contributed by atoms with Crippen molar-refractivity contribution in [1.82, 2.24) is 24.7 Å². The summed E-state index contributed by atoms with van der Waals surface area (Å²) < 4.78 is 7.64. The molecule has 0 radical (unpaired) electrons. The number of nitrogens with zero attached hydrogens (tertiary/aromatic N) is 4. The summed E-state index contributed by atoms with van der Waals surface area (Å²) in [6, 6.07) is 16.9. The zero-order valence-electron chi connectivity index (χ0n) is 20.2. The maximum Gasteiger partial charge on any atom is 0.227 e. The van der Waals surface area contributed by atoms with Crippen LogP contribution in [0.1, 0.15) is 31.2 Å². The van der Waals surface area contributed by atoms with Gasteiger partial charge in [-0.2, -0.15) is 0 Å². The predicted molar refractivity (Wildman–Crippen MR) is 134 cm³/mol. The lowest BCUT2D eigenvalue weighted by atomic mass is 9.96. The Labute approximate surface area is 201 Å². The molecule has 1 aromatic heterocycles. The number of likely N-dealkylation sites (tertiary alicyclic amines) is 1. The summed E-state index contributed by atoms with van der Waals surface area (Å²) in [5.41, 5.74) is 3.38. The molecule has 2 aliphatic heterocycles. The summed E-state index contributed by atoms with van der Waals surface area (Å²) in [4.78, 5) is 22.7. The Morgan fingerprint density at radius 2 is 1.91 bits per heavy atom. The Morgan fingerprint density at radius 3 is 2.71 bits per heavy atom. The second-order valence-corrected chi connectivity index (χ2v) is 9.66. The molecule has 0 unspecified atom stereocenters. The summed E-state index contributed by atoms with van der Waals surface area (Å²) in [6.45, 7) is 8.00. The maximum absolute atomic E-state index is 13.2. The number of hydrogen-bond donors (Lipinski definition) is 1. The third kappa shape index (κ3) is 4.95. The van der Waals surface area contributed by atoms with E-state index < -0.39 is 0 Å². The molecule has 1 N–H and O–H groups in total. The van der Waals surface area contributed by atoms with E-state index >= 15 is 0 Å². The van der Waals surface area contributed by atoms with E-state index in [0.717, 1.165) is 81.3 Å². The van der Waals surface area contributed by atoms with Gasteiger partial charge in [-0.05, 0) is 56.1 Å². The van der Waals surface area contributed by atoms with Crippen LogP contribution in [0.3, 0.4) is 0 Å². The second kappa shape index (κ2) is 10.2. The van der Waals surface area contributed by atoms with E-state index in [0.29, 0.717) is 11.9 Å². The van der Waals surface area contributed by atoms with Crippen molar-refractivity contribution in [2.45, 2.75) is 38.9 Å². The van der Waals surface area contributed by atoms with Gasteiger partial charge in [-0.1, -0.05) is 24.3 Å². The van der Waals surface area contributed by atoms with Gasteiger partial charge in [0.15, 0.2) is 0 Å². The van der Waals surface area contributed by atoms with Crippen molar-refractivity contribution in [1.29, 1.82) is 0 Å². The van der Waals surface area contributed by atoms with E-state index in [-0.39, 0.29) is 5.92 Å². The van der Waals surface area contributed by atoms with Gasteiger partial charge in [0.05, 0.1) is 30.6 Å². The van der Waals surface area contributed by atoms with Crippen molar-refractivity contribution in [3.63, 3.8) is 0 Å². The molecule has 0 aliphatic carbocycles. The Bertz CT molecular complexity index is 1130. The second-order valence-electron chi connectivity index (χ2n) is 9.66. The molecular formula is C27H35N5O2. The summed E-state index contributed by atoms with van der Waals surface area (Å²) in [6.07, 6.45) is 2.03. The van der Waals surface area contributed by atoms with E-state index in [1.54, 1.807) is 7.11 Å². The fourth-order valence-electron chi connectivity index (χ4n) is 5.33. The first-order valence-electron chi connectivity index (χ1n) is 12.4. The number of rotatable bonds is 6. The topological polar surface area (TPSA) is 62.6 Å². The molecule has 0 bridgehead atoms. The molecule has 34 heavy (non-hydrogen) atoms. The van der Waals surface area contributed by atoms with E-state index in [4.69, 9.17) is 9.72 Å². The molecule has 5 rings (SSSR count). The first-order valence-corrected chi connectivity index (χ1v) is 12.4. The van der Waals surface area contributed by atoms with Gasteiger partial charge in [0.2, 0.25) is 5.91 Å². The van der Waals surface area contributed by atoms with Gasteiger partial charge in [-0.25, -0.2) is 4.98 Å². The van der Waals surface area contributed by atoms with Crippen molar-refractivity contribution < 1.29 is 9.53 Å². The number of hydrogen-bond acceptors (Lipinski definition) is 5. The highest BCUT2D eigenvalue weighted by Crippen LogP contribution is 2.24. The molecule has 3 aromatic rings. The van der Waals surface area contributed by atoms with Gasteiger partial charge in [0.1, 0.15) is 11.6 Å². The van der Waals surface area contributed by atoms with E-state index in [9.17, 15) is 4.79 Å². The van der Waals surface area contributed by atoms with E-state index in [2.05, 4.69) is 56.9 Å². The SMILES string of the molecule is COc1ccc(Cn2c(CN3CCC[C@H](C(=O)N4CCN[C@@H](C)C4)C3)nc3ccccc32)cc1. The highest BCUT2D eigenvalue weighted by Gasteiger charge is 2.31. The molecule has 3 heterocycles. The monoisotopic (exact) mass is 461 g/mol. The Balaban J connectivity index is 1.33. The lowest BCUT2D eigenvalue weighted by molar-refractivity contribution is -0.138. The zero-order chi connectivity index (χ0) is 23.5. The normalized spacial score (nSPS) is 21.6. The van der Waals surface area contributed by atoms with Gasteiger partial charge in [-0.3, -0.25) is 9.69 Å². The third-order valence-electron chi connectivity index (χ3n) is 7.13. The summed E-state index contributed by atoms with van der Waals surface area (Å²) >= 11 is 0. The number of piperidine rings is 1. The van der Waals surface area contributed by atoms with Gasteiger partial charge in [0, 0.05) is 38.8 Å². The minimum absolute atomic E-state index is 0.0819. The van der Waals surface area contributed by atoms with Crippen LogP contribution in [0.4, 0.5) is 0 Å². The third-order valence-corrected chi connectivity index (χ3v) is 7.13. The van der Waals surface area contributed by atoms with Crippen LogP contribution < -0.4 is 10.1 Å². The number of carbonyl (C=O) groups excluding carboxylic acids is 1. The molecule has 0 saturated carbocycles. The van der Waals surface area contributed by atoms with Crippen LogP contribution in [-0.2, 0) is 17.9 Å². The molecule has 1 amide bonds. The van der Waals surface area contributed by atoms with Crippen molar-refractivity contribution >= 4 is 16.9 Å². The number of para-hydroxylation sites is 2. The molecule has 2 aliphatic rings. The van der Waals surface area contributed by atoms with Gasteiger partial charge < -0.3 is 19.5 Å². The fraction of sp³-hybridized carbons (Fsp3) is 0.481. The number of amides is 1. The van der Waals surface area contributed by atoms with Crippen LogP contribution in [0.5, 0.6) is 5.75 Å². The first-order chi connectivity index (χ1) is 16.6. The summed E-state index contributed by atoms with van der Waals surface area (Å²) in [7, 11) is 1.69. The average molecular weight is 462 g/mol. The lowest BCUT2D eigenvalue weighted by Gasteiger charge is -2.38. The Kier molecular flexibility index (Phi) is 6.83. The van der Waals surface area contributed by atoms with Crippen LogP contribution in [0.2, 0.25) is 0 Å². The van der Waals surface area contributed by atoms with Crippen LogP contribution in [0, 0.1) is 5.92 Å². The Morgan fingerprint density at radius 1 is 1.09 bits per heavy atom. The molecular weight excluding hydrogens is 426 g/mol. The number of ether oxygens (including phenoxy) is 1. The Hall–Kier alpha value is -2.90. The molecule has 7 nitrogen and oxygen atoms in total. The van der Waals surface area contributed by atoms with Crippen molar-refractivity contribution in [2.75, 3.05) is 39.8 Å². The molecule has 0 spiro atoms. The van der Waals surface area contributed by atoms with Gasteiger partial charge >= 0.3 is 0 Å². The fourth-order valence-corrected chi connectivity index (χ4v) is 5.33. The van der Waals surface area contributed by atoms with Crippen molar-refractivity contribution in [2.24, 2.45) is 5.92 Å². The number of methoxy groups -OCH3 is 1. The highest BCUT2D eigenvalue weighted by molar-refractivity contribution is 5.79. The number of aromatic nitrogens is 2. The van der Waals surface area contributed by atoms with Gasteiger partial charge in [-0.15, -0.1) is 0 Å². The molecule has 2 aromatic carbocycles. The number of carbonyl (C=O) groups is 1. The molecule has 7 heteroatoms. The minimum atomic E-state index is 0.0819. The maximum atomic E-state index is 13.2. The summed E-state index contributed by atoms with van der Waals surface area (Å²) in [5.74, 6) is 2.33. The number of fused-ring (bicyclic) bond motifs is 1. The molecule has 180 valence electrons. The number of piperazine rings is 1.